The molecule has 2 amide bonds. The number of halogens is 1. The largest absolute Gasteiger partial charge is 0.273 e. The van der Waals surface area contributed by atoms with Crippen molar-refractivity contribution in [3.8, 4) is 0 Å². The molecule has 0 fully saturated rings. The van der Waals surface area contributed by atoms with Crippen LogP contribution in [0.5, 0.6) is 0 Å². The van der Waals surface area contributed by atoms with Gasteiger partial charge in [-0.15, -0.1) is 0 Å². The predicted octanol–water partition coefficient (Wildman–Crippen LogP) is 1.41. The zero-order valence-corrected chi connectivity index (χ0v) is 12.3. The number of hydrazone groups is 2. The van der Waals surface area contributed by atoms with Gasteiger partial charge in [0, 0.05) is 16.6 Å². The summed E-state index contributed by atoms with van der Waals surface area (Å²) in [5.41, 5.74) is 6.21. The summed E-state index contributed by atoms with van der Waals surface area (Å²) in [7, 11) is 0. The summed E-state index contributed by atoms with van der Waals surface area (Å²) in [6.45, 7) is 1.71. The maximum Gasteiger partial charge on any atom is 0.249 e. The second kappa shape index (κ2) is 6.42. The van der Waals surface area contributed by atoms with Crippen molar-refractivity contribution in [2.75, 3.05) is 0 Å². The Morgan fingerprint density at radius 3 is 2.80 bits per heavy atom. The van der Waals surface area contributed by atoms with Crippen LogP contribution in [0.3, 0.4) is 0 Å². The fourth-order valence-electron chi connectivity index (χ4n) is 1.69. The molecule has 0 radical (unpaired) electrons. The van der Waals surface area contributed by atoms with Gasteiger partial charge in [-0.05, 0) is 24.6 Å². The molecular formula is C13H13BrN4O2. The minimum Gasteiger partial charge on any atom is -0.273 e. The lowest BCUT2D eigenvalue weighted by Gasteiger charge is -2.05. The third-order valence-corrected chi connectivity index (χ3v) is 3.35. The average Bonchev–Trinajstić information content (AvgIpc) is 2.73. The number of nitrogens with zero attached hydrogens (tertiary/aromatic N) is 2. The first kappa shape index (κ1) is 14.4. The van der Waals surface area contributed by atoms with Crippen molar-refractivity contribution >= 4 is 39.7 Å². The Hall–Kier alpha value is -2.02. The van der Waals surface area contributed by atoms with Crippen LogP contribution < -0.4 is 10.9 Å². The molecule has 0 unspecified atom stereocenters. The van der Waals surface area contributed by atoms with Crippen LogP contribution >= 0.6 is 15.9 Å². The number of hydrogen-bond donors (Lipinski definition) is 2. The molecule has 0 spiro atoms. The highest BCUT2D eigenvalue weighted by Gasteiger charge is 2.28. The lowest BCUT2D eigenvalue weighted by Crippen LogP contribution is -2.29. The molecule has 2 rings (SSSR count). The first-order valence-electron chi connectivity index (χ1n) is 5.98. The third-order valence-electron chi connectivity index (χ3n) is 2.83. The van der Waals surface area contributed by atoms with Crippen molar-refractivity contribution in [2.24, 2.45) is 16.1 Å². The van der Waals surface area contributed by atoms with Crippen LogP contribution in [0, 0.1) is 5.92 Å². The Bertz CT molecular complexity index is 581. The molecule has 1 atom stereocenters. The maximum atomic E-state index is 11.7. The van der Waals surface area contributed by atoms with E-state index in [0.29, 0.717) is 5.71 Å². The average molecular weight is 337 g/mol. The van der Waals surface area contributed by atoms with E-state index in [0.717, 1.165) is 10.0 Å². The van der Waals surface area contributed by atoms with Gasteiger partial charge in [-0.25, -0.2) is 10.9 Å². The molecule has 2 N–H and O–H groups in total. The van der Waals surface area contributed by atoms with E-state index in [1.807, 2.05) is 24.3 Å². The maximum absolute atomic E-state index is 11.7. The standard InChI is InChI=1S/C13H13BrN4O2/c1-8-11(13(20)18-16-8)6-12(19)17-15-7-9-2-4-10(14)5-3-9/h2-5,7,11H,6H2,1H3,(H,17,19)(H,18,20)/b15-7-/t11-/m1/s1. The Kier molecular flexibility index (Phi) is 4.62. The first-order valence-corrected chi connectivity index (χ1v) is 6.77. The fraction of sp³-hybridized carbons (Fsp3) is 0.231. The minimum atomic E-state index is -0.502. The van der Waals surface area contributed by atoms with Gasteiger partial charge in [0.05, 0.1) is 12.1 Å². The van der Waals surface area contributed by atoms with Crippen LogP contribution in [0.15, 0.2) is 38.9 Å². The van der Waals surface area contributed by atoms with Crippen LogP contribution in [-0.4, -0.2) is 23.7 Å². The third kappa shape index (κ3) is 3.74. The van der Waals surface area contributed by atoms with E-state index >= 15 is 0 Å². The summed E-state index contributed by atoms with van der Waals surface area (Å²) in [5.74, 6) is -1.08. The topological polar surface area (TPSA) is 82.9 Å². The van der Waals surface area contributed by atoms with Gasteiger partial charge in [0.25, 0.3) is 0 Å². The van der Waals surface area contributed by atoms with Crippen molar-refractivity contribution in [3.63, 3.8) is 0 Å². The summed E-state index contributed by atoms with van der Waals surface area (Å²) >= 11 is 3.33. The normalized spacial score (nSPS) is 18.0. The molecule has 6 nitrogen and oxygen atoms in total. The van der Waals surface area contributed by atoms with Gasteiger partial charge in [-0.1, -0.05) is 28.1 Å². The Balaban J connectivity index is 1.85. The van der Waals surface area contributed by atoms with E-state index in [2.05, 4.69) is 37.0 Å². The first-order chi connectivity index (χ1) is 9.56. The fourth-order valence-corrected chi connectivity index (χ4v) is 1.95. The number of rotatable bonds is 4. The Morgan fingerprint density at radius 2 is 2.20 bits per heavy atom. The summed E-state index contributed by atoms with van der Waals surface area (Å²) in [6.07, 6.45) is 1.58. The molecule has 1 aliphatic rings. The highest BCUT2D eigenvalue weighted by atomic mass is 79.9. The van der Waals surface area contributed by atoms with Gasteiger partial charge in [0.1, 0.15) is 0 Å². The number of amides is 2. The van der Waals surface area contributed by atoms with Gasteiger partial charge in [0.15, 0.2) is 0 Å². The quantitative estimate of drug-likeness (QED) is 0.643. The molecule has 7 heteroatoms. The SMILES string of the molecule is CC1=NNC(=O)[C@@H]1CC(=O)N/N=C\c1ccc(Br)cc1. The van der Waals surface area contributed by atoms with Gasteiger partial charge in [-0.3, -0.25) is 9.59 Å². The van der Waals surface area contributed by atoms with Crippen LogP contribution in [0.4, 0.5) is 0 Å². The van der Waals surface area contributed by atoms with E-state index in [-0.39, 0.29) is 18.2 Å². The minimum absolute atomic E-state index is 0.0405. The highest BCUT2D eigenvalue weighted by Crippen LogP contribution is 2.11. The molecule has 0 bridgehead atoms. The van der Waals surface area contributed by atoms with E-state index in [9.17, 15) is 9.59 Å². The number of benzene rings is 1. The van der Waals surface area contributed by atoms with Crippen molar-refractivity contribution in [1.82, 2.24) is 10.9 Å². The summed E-state index contributed by atoms with van der Waals surface area (Å²) in [6, 6.07) is 7.49. The second-order valence-corrected chi connectivity index (χ2v) is 5.25. The lowest BCUT2D eigenvalue weighted by atomic mass is 10.0. The monoisotopic (exact) mass is 336 g/mol. The van der Waals surface area contributed by atoms with E-state index < -0.39 is 5.92 Å². The van der Waals surface area contributed by atoms with Crippen molar-refractivity contribution in [1.29, 1.82) is 0 Å². The molecule has 1 heterocycles. The molecule has 1 aromatic rings. The molecule has 20 heavy (non-hydrogen) atoms. The van der Waals surface area contributed by atoms with Crippen LogP contribution in [0.2, 0.25) is 0 Å². The van der Waals surface area contributed by atoms with Crippen molar-refractivity contribution < 1.29 is 9.59 Å². The number of hydrogen-bond acceptors (Lipinski definition) is 4. The Labute approximate surface area is 124 Å². The number of carbonyl (C=O) groups is 2. The van der Waals surface area contributed by atoms with Crippen LogP contribution in [0.25, 0.3) is 0 Å². The van der Waals surface area contributed by atoms with Crippen LogP contribution in [-0.2, 0) is 9.59 Å². The predicted molar refractivity (Wildman–Crippen MR) is 79.2 cm³/mol. The number of nitrogens with one attached hydrogen (secondary N) is 2. The van der Waals surface area contributed by atoms with Gasteiger partial charge < -0.3 is 0 Å². The zero-order chi connectivity index (χ0) is 14.5. The van der Waals surface area contributed by atoms with E-state index in [4.69, 9.17) is 0 Å². The highest BCUT2D eigenvalue weighted by molar-refractivity contribution is 9.10. The summed E-state index contributed by atoms with van der Waals surface area (Å²) in [4.78, 5) is 23.1. The van der Waals surface area contributed by atoms with E-state index in [1.165, 1.54) is 0 Å². The smallest absolute Gasteiger partial charge is 0.249 e. The second-order valence-electron chi connectivity index (χ2n) is 4.33. The summed E-state index contributed by atoms with van der Waals surface area (Å²) < 4.78 is 0.973. The molecule has 0 saturated heterocycles. The molecule has 0 aromatic heterocycles. The molecule has 104 valence electrons. The van der Waals surface area contributed by atoms with Crippen LogP contribution in [0.1, 0.15) is 18.9 Å². The van der Waals surface area contributed by atoms with E-state index in [1.54, 1.807) is 13.1 Å². The van der Waals surface area contributed by atoms with Crippen molar-refractivity contribution in [2.45, 2.75) is 13.3 Å². The van der Waals surface area contributed by atoms with Crippen molar-refractivity contribution in [3.05, 3.63) is 34.3 Å². The number of carbonyl (C=O) groups excluding carboxylic acids is 2. The summed E-state index contributed by atoms with van der Waals surface area (Å²) in [5, 5.41) is 7.63. The zero-order valence-electron chi connectivity index (χ0n) is 10.8. The lowest BCUT2D eigenvalue weighted by molar-refractivity contribution is -0.127. The Morgan fingerprint density at radius 1 is 1.50 bits per heavy atom. The van der Waals surface area contributed by atoms with Gasteiger partial charge in [-0.2, -0.15) is 10.2 Å². The molecule has 1 aromatic carbocycles. The molecular weight excluding hydrogens is 324 g/mol. The molecule has 0 saturated carbocycles. The molecule has 0 aliphatic carbocycles. The molecule has 1 aliphatic heterocycles. The van der Waals surface area contributed by atoms with Gasteiger partial charge >= 0.3 is 0 Å². The van der Waals surface area contributed by atoms with Gasteiger partial charge in [0.2, 0.25) is 11.8 Å².